The summed E-state index contributed by atoms with van der Waals surface area (Å²) in [7, 11) is -3.78. The Balaban J connectivity index is 1.75. The molecule has 0 atom stereocenters. The first-order valence-corrected chi connectivity index (χ1v) is 10.9. The fourth-order valence-electron chi connectivity index (χ4n) is 3.38. The van der Waals surface area contributed by atoms with Crippen LogP contribution in [0.15, 0.2) is 41.3 Å². The number of anilines is 2. The molecule has 0 radical (unpaired) electrons. The monoisotopic (exact) mass is 427 g/mol. The van der Waals surface area contributed by atoms with E-state index in [2.05, 4.69) is 10.2 Å². The van der Waals surface area contributed by atoms with Crippen LogP contribution in [-0.2, 0) is 10.0 Å². The predicted octanol–water partition coefficient (Wildman–Crippen LogP) is 2.99. The lowest BCUT2D eigenvalue weighted by Gasteiger charge is -2.36. The molecule has 0 unspecified atom stereocenters. The summed E-state index contributed by atoms with van der Waals surface area (Å²) in [4.78, 5) is 2.32. The fraction of sp³-hybridized carbons (Fsp3) is 0.333. The van der Waals surface area contributed by atoms with Crippen molar-refractivity contribution in [3.05, 3.63) is 46.4 Å². The quantitative estimate of drug-likeness (QED) is 0.815. The number of rotatable bonds is 3. The first-order chi connectivity index (χ1) is 13.0. The number of hydrogen-bond donors (Lipinski definition) is 1. The Hall–Kier alpha value is -1.67. The zero-order valence-corrected chi connectivity index (χ0v) is 16.8. The number of nitrogens with zero attached hydrogens (tertiary/aromatic N) is 2. The van der Waals surface area contributed by atoms with Crippen molar-refractivity contribution in [2.75, 3.05) is 48.5 Å². The highest BCUT2D eigenvalue weighted by atomic mass is 35.5. The highest BCUT2D eigenvalue weighted by Crippen LogP contribution is 2.42. The molecule has 9 heteroatoms. The number of nitrogens with one attached hydrogen (secondary N) is 1. The van der Waals surface area contributed by atoms with E-state index in [1.54, 1.807) is 6.07 Å². The molecular weight excluding hydrogens is 409 g/mol. The summed E-state index contributed by atoms with van der Waals surface area (Å²) in [6.45, 7) is 3.99. The van der Waals surface area contributed by atoms with E-state index in [4.69, 9.17) is 27.9 Å². The second-order valence-corrected chi connectivity index (χ2v) is 9.04. The summed E-state index contributed by atoms with van der Waals surface area (Å²) in [5.41, 5.74) is 1.46. The molecule has 1 N–H and O–H groups in total. The van der Waals surface area contributed by atoms with Gasteiger partial charge >= 0.3 is 0 Å². The Morgan fingerprint density at radius 1 is 0.963 bits per heavy atom. The lowest BCUT2D eigenvalue weighted by Crippen LogP contribution is -2.44. The maximum Gasteiger partial charge on any atom is 0.264 e. The zero-order chi connectivity index (χ0) is 19.0. The second kappa shape index (κ2) is 7.39. The van der Waals surface area contributed by atoms with Crippen molar-refractivity contribution in [2.24, 2.45) is 0 Å². The third-order valence-corrected chi connectivity index (χ3v) is 7.27. The van der Waals surface area contributed by atoms with Crippen LogP contribution in [-0.4, -0.2) is 47.7 Å². The van der Waals surface area contributed by atoms with Gasteiger partial charge in [0.05, 0.1) is 32.9 Å². The number of hydrogen-bond acceptors (Lipinski definition) is 5. The van der Waals surface area contributed by atoms with Crippen LogP contribution >= 0.6 is 23.2 Å². The molecule has 144 valence electrons. The van der Waals surface area contributed by atoms with E-state index in [1.165, 1.54) is 22.5 Å². The Kier molecular flexibility index (Phi) is 5.11. The van der Waals surface area contributed by atoms with E-state index in [-0.39, 0.29) is 23.1 Å². The van der Waals surface area contributed by atoms with Crippen LogP contribution < -0.4 is 19.3 Å². The summed E-state index contributed by atoms with van der Waals surface area (Å²) < 4.78 is 33.8. The van der Waals surface area contributed by atoms with Gasteiger partial charge in [0.25, 0.3) is 10.0 Å². The third kappa shape index (κ3) is 3.45. The van der Waals surface area contributed by atoms with Gasteiger partial charge in [-0.05, 0) is 30.3 Å². The largest absolute Gasteiger partial charge is 0.487 e. The van der Waals surface area contributed by atoms with Crippen LogP contribution in [0.3, 0.4) is 0 Å². The molecule has 0 aromatic heterocycles. The van der Waals surface area contributed by atoms with Crippen LogP contribution in [0, 0.1) is 0 Å². The van der Waals surface area contributed by atoms with Crippen LogP contribution in [0.4, 0.5) is 11.4 Å². The van der Waals surface area contributed by atoms with Crippen molar-refractivity contribution in [3.8, 4) is 5.75 Å². The number of sulfonamides is 1. The molecule has 6 nitrogen and oxygen atoms in total. The van der Waals surface area contributed by atoms with E-state index >= 15 is 0 Å². The zero-order valence-electron chi connectivity index (χ0n) is 14.5. The van der Waals surface area contributed by atoms with E-state index in [1.807, 2.05) is 12.1 Å². The average Bonchev–Trinajstić information content (AvgIpc) is 2.69. The molecular formula is C18H19Cl2N3O3S. The standard InChI is InChI=1S/C18H19Cl2N3O3S/c19-14-5-4-13(12-15(14)20)27(24,25)23-10-11-26-18-16(2-1-3-17(18)23)22-8-6-21-7-9-22/h1-5,12,21H,6-11H2. The molecule has 2 aromatic rings. The molecule has 2 aliphatic rings. The number of benzene rings is 2. The van der Waals surface area contributed by atoms with Gasteiger partial charge in [-0.2, -0.15) is 0 Å². The van der Waals surface area contributed by atoms with Gasteiger partial charge in [-0.3, -0.25) is 4.31 Å². The second-order valence-electron chi connectivity index (χ2n) is 6.36. The first kappa shape index (κ1) is 18.7. The van der Waals surface area contributed by atoms with Crippen molar-refractivity contribution in [1.29, 1.82) is 0 Å². The van der Waals surface area contributed by atoms with Gasteiger partial charge in [0, 0.05) is 26.2 Å². The lowest BCUT2D eigenvalue weighted by molar-refractivity contribution is 0.315. The predicted molar refractivity (Wildman–Crippen MR) is 108 cm³/mol. The minimum absolute atomic E-state index is 0.109. The molecule has 2 aliphatic heterocycles. The van der Waals surface area contributed by atoms with Gasteiger partial charge in [-0.25, -0.2) is 8.42 Å². The molecule has 2 aromatic carbocycles. The van der Waals surface area contributed by atoms with Crippen LogP contribution in [0.1, 0.15) is 0 Å². The smallest absolute Gasteiger partial charge is 0.264 e. The topological polar surface area (TPSA) is 61.9 Å². The molecule has 0 amide bonds. The number of fused-ring (bicyclic) bond motifs is 1. The lowest BCUT2D eigenvalue weighted by atomic mass is 10.2. The van der Waals surface area contributed by atoms with Gasteiger partial charge < -0.3 is 15.0 Å². The molecule has 0 saturated carbocycles. The van der Waals surface area contributed by atoms with Gasteiger partial charge in [-0.15, -0.1) is 0 Å². The number of halogens is 2. The molecule has 0 aliphatic carbocycles. The maximum absolute atomic E-state index is 13.2. The van der Waals surface area contributed by atoms with E-state index in [0.717, 1.165) is 31.9 Å². The minimum atomic E-state index is -3.78. The molecule has 1 fully saturated rings. The number of para-hydroxylation sites is 1. The molecule has 4 rings (SSSR count). The van der Waals surface area contributed by atoms with Gasteiger partial charge in [0.15, 0.2) is 5.75 Å². The summed E-state index contributed by atoms with van der Waals surface area (Å²) in [6.07, 6.45) is 0. The molecule has 0 bridgehead atoms. The first-order valence-electron chi connectivity index (χ1n) is 8.68. The minimum Gasteiger partial charge on any atom is -0.487 e. The van der Waals surface area contributed by atoms with Gasteiger partial charge in [-0.1, -0.05) is 29.3 Å². The van der Waals surface area contributed by atoms with Gasteiger partial charge in [0.2, 0.25) is 0 Å². The molecule has 27 heavy (non-hydrogen) atoms. The SMILES string of the molecule is O=S(=O)(c1ccc(Cl)c(Cl)c1)N1CCOc2c(N3CCNCC3)cccc21. The Labute approximate surface area is 168 Å². The Morgan fingerprint density at radius 2 is 1.70 bits per heavy atom. The third-order valence-electron chi connectivity index (χ3n) is 4.72. The maximum atomic E-state index is 13.2. The highest BCUT2D eigenvalue weighted by molar-refractivity contribution is 7.92. The number of piperazine rings is 1. The van der Waals surface area contributed by atoms with E-state index < -0.39 is 10.0 Å². The van der Waals surface area contributed by atoms with Crippen LogP contribution in [0.25, 0.3) is 0 Å². The van der Waals surface area contributed by atoms with E-state index in [0.29, 0.717) is 16.5 Å². The van der Waals surface area contributed by atoms with Crippen molar-refractivity contribution in [3.63, 3.8) is 0 Å². The summed E-state index contributed by atoms with van der Waals surface area (Å²) in [6, 6.07) is 9.96. The average molecular weight is 428 g/mol. The summed E-state index contributed by atoms with van der Waals surface area (Å²) in [5, 5.41) is 3.84. The highest BCUT2D eigenvalue weighted by Gasteiger charge is 2.32. The van der Waals surface area contributed by atoms with Crippen LogP contribution in [0.2, 0.25) is 10.0 Å². The Morgan fingerprint density at radius 3 is 2.44 bits per heavy atom. The molecule has 0 spiro atoms. The fourth-order valence-corrected chi connectivity index (χ4v) is 5.22. The van der Waals surface area contributed by atoms with Crippen molar-refractivity contribution < 1.29 is 13.2 Å². The van der Waals surface area contributed by atoms with Crippen LogP contribution in [0.5, 0.6) is 5.75 Å². The number of ether oxygens (including phenoxy) is 1. The van der Waals surface area contributed by atoms with E-state index in [9.17, 15) is 8.42 Å². The van der Waals surface area contributed by atoms with Crippen molar-refractivity contribution in [2.45, 2.75) is 4.90 Å². The molecule has 2 heterocycles. The van der Waals surface area contributed by atoms with Crippen molar-refractivity contribution in [1.82, 2.24) is 5.32 Å². The Bertz CT molecular complexity index is 962. The van der Waals surface area contributed by atoms with Crippen molar-refractivity contribution >= 4 is 44.6 Å². The van der Waals surface area contributed by atoms with Gasteiger partial charge in [0.1, 0.15) is 6.61 Å². The normalized spacial score (nSPS) is 17.4. The summed E-state index contributed by atoms with van der Waals surface area (Å²) in [5.74, 6) is 0.606. The summed E-state index contributed by atoms with van der Waals surface area (Å²) >= 11 is 12.0. The molecule has 1 saturated heterocycles.